The molecule has 0 aliphatic rings. The summed E-state index contributed by atoms with van der Waals surface area (Å²) in [5.41, 5.74) is 2.38. The van der Waals surface area contributed by atoms with Gasteiger partial charge in [-0.15, -0.1) is 0 Å². The molecule has 0 aromatic heterocycles. The molecule has 0 bridgehead atoms. The third-order valence-electron chi connectivity index (χ3n) is 3.82. The van der Waals surface area contributed by atoms with Crippen LogP contribution in [0.2, 0.25) is 0 Å². The van der Waals surface area contributed by atoms with Crippen LogP contribution < -0.4 is 9.47 Å². The highest BCUT2D eigenvalue weighted by Crippen LogP contribution is 2.28. The van der Waals surface area contributed by atoms with Gasteiger partial charge in [-0.1, -0.05) is 42.5 Å². The second-order valence-electron chi connectivity index (χ2n) is 5.33. The van der Waals surface area contributed by atoms with E-state index in [-0.39, 0.29) is 0 Å². The summed E-state index contributed by atoms with van der Waals surface area (Å²) in [6, 6.07) is 20.8. The molecule has 2 nitrogen and oxygen atoms in total. The van der Waals surface area contributed by atoms with Gasteiger partial charge in [0.05, 0.1) is 7.11 Å². The quantitative estimate of drug-likeness (QED) is 0.582. The van der Waals surface area contributed by atoms with Crippen molar-refractivity contribution < 1.29 is 9.47 Å². The van der Waals surface area contributed by atoms with Crippen LogP contribution in [0.4, 0.5) is 0 Å². The van der Waals surface area contributed by atoms with Crippen LogP contribution in [0.5, 0.6) is 11.5 Å². The minimum Gasteiger partial charge on any atom is -0.497 e. The van der Waals surface area contributed by atoms with Crippen LogP contribution in [0.1, 0.15) is 6.92 Å². The average molecular weight is 304 g/mol. The number of allylic oxidation sites excluding steroid dienone is 1. The highest BCUT2D eigenvalue weighted by molar-refractivity contribution is 5.88. The summed E-state index contributed by atoms with van der Waals surface area (Å²) in [4.78, 5) is 0. The van der Waals surface area contributed by atoms with Gasteiger partial charge in [-0.3, -0.25) is 0 Å². The van der Waals surface area contributed by atoms with E-state index in [2.05, 4.69) is 42.5 Å². The van der Waals surface area contributed by atoms with E-state index < -0.39 is 0 Å². The van der Waals surface area contributed by atoms with Gasteiger partial charge >= 0.3 is 0 Å². The first-order valence-electron chi connectivity index (χ1n) is 7.72. The predicted octanol–water partition coefficient (Wildman–Crippen LogP) is 5.47. The zero-order chi connectivity index (χ0) is 16.1. The van der Waals surface area contributed by atoms with Crippen LogP contribution >= 0.6 is 0 Å². The second kappa shape index (κ2) is 7.01. The Morgan fingerprint density at radius 1 is 0.783 bits per heavy atom. The number of rotatable bonds is 5. The van der Waals surface area contributed by atoms with Gasteiger partial charge in [-0.25, -0.2) is 0 Å². The Bertz CT molecular complexity index is 817. The van der Waals surface area contributed by atoms with Crippen LogP contribution in [-0.2, 0) is 0 Å². The molecule has 23 heavy (non-hydrogen) atoms. The number of methoxy groups -OCH3 is 1. The fourth-order valence-electron chi connectivity index (χ4n) is 2.51. The van der Waals surface area contributed by atoms with E-state index >= 15 is 0 Å². The summed E-state index contributed by atoms with van der Waals surface area (Å²) in [5, 5.41) is 2.39. The zero-order valence-corrected chi connectivity index (χ0v) is 13.5. The molecule has 116 valence electrons. The summed E-state index contributed by atoms with van der Waals surface area (Å²) in [5.74, 6) is 1.77. The largest absolute Gasteiger partial charge is 0.497 e. The lowest BCUT2D eigenvalue weighted by Gasteiger charge is -2.08. The summed E-state index contributed by atoms with van der Waals surface area (Å²) in [6.45, 7) is 2.59. The maximum absolute atomic E-state index is 5.63. The van der Waals surface area contributed by atoms with E-state index in [1.165, 1.54) is 21.9 Å². The summed E-state index contributed by atoms with van der Waals surface area (Å²) < 4.78 is 10.9. The Kier molecular flexibility index (Phi) is 4.62. The zero-order valence-electron chi connectivity index (χ0n) is 13.5. The molecule has 0 unspecified atom stereocenters. The molecular weight excluding hydrogens is 284 g/mol. The minimum absolute atomic E-state index is 0.605. The van der Waals surface area contributed by atoms with Crippen LogP contribution in [0.15, 0.2) is 72.8 Å². The number of hydrogen-bond acceptors (Lipinski definition) is 2. The third-order valence-corrected chi connectivity index (χ3v) is 3.82. The smallest absolute Gasteiger partial charge is 0.119 e. The number of hydrogen-bond donors (Lipinski definition) is 0. The molecule has 0 radical (unpaired) electrons. The van der Waals surface area contributed by atoms with Crippen molar-refractivity contribution in [2.24, 2.45) is 0 Å². The fourth-order valence-corrected chi connectivity index (χ4v) is 2.51. The van der Waals surface area contributed by atoms with Crippen molar-refractivity contribution >= 4 is 10.8 Å². The van der Waals surface area contributed by atoms with Gasteiger partial charge in [0, 0.05) is 0 Å². The molecule has 0 amide bonds. The van der Waals surface area contributed by atoms with E-state index in [1.54, 1.807) is 7.11 Å². The molecule has 0 fully saturated rings. The van der Waals surface area contributed by atoms with Crippen molar-refractivity contribution in [2.75, 3.05) is 13.7 Å². The van der Waals surface area contributed by atoms with Crippen molar-refractivity contribution in [1.82, 2.24) is 0 Å². The summed E-state index contributed by atoms with van der Waals surface area (Å²) in [7, 11) is 1.69. The summed E-state index contributed by atoms with van der Waals surface area (Å²) >= 11 is 0. The van der Waals surface area contributed by atoms with Gasteiger partial charge in [-0.05, 0) is 59.2 Å². The minimum atomic E-state index is 0.605. The third kappa shape index (κ3) is 3.54. The van der Waals surface area contributed by atoms with E-state index in [0.29, 0.717) is 6.61 Å². The van der Waals surface area contributed by atoms with Gasteiger partial charge < -0.3 is 9.47 Å². The average Bonchev–Trinajstić information content (AvgIpc) is 2.61. The van der Waals surface area contributed by atoms with Crippen LogP contribution in [0.25, 0.3) is 21.9 Å². The Labute approximate surface area is 137 Å². The van der Waals surface area contributed by atoms with Crippen LogP contribution in [-0.4, -0.2) is 13.7 Å². The van der Waals surface area contributed by atoms with Crippen molar-refractivity contribution in [1.29, 1.82) is 0 Å². The molecule has 0 spiro atoms. The monoisotopic (exact) mass is 304 g/mol. The van der Waals surface area contributed by atoms with Gasteiger partial charge in [0.2, 0.25) is 0 Å². The molecule has 0 aliphatic heterocycles. The van der Waals surface area contributed by atoms with Gasteiger partial charge in [0.25, 0.3) is 0 Å². The van der Waals surface area contributed by atoms with E-state index in [4.69, 9.17) is 9.47 Å². The fraction of sp³-hybridized carbons (Fsp3) is 0.143. The lowest BCUT2D eigenvalue weighted by molar-refractivity contribution is 0.363. The van der Waals surface area contributed by atoms with Crippen molar-refractivity contribution in [3.8, 4) is 22.6 Å². The first-order valence-corrected chi connectivity index (χ1v) is 7.72. The topological polar surface area (TPSA) is 18.5 Å². The molecule has 0 aliphatic carbocycles. The lowest BCUT2D eigenvalue weighted by Crippen LogP contribution is -1.92. The molecule has 0 atom stereocenters. The van der Waals surface area contributed by atoms with Gasteiger partial charge in [-0.2, -0.15) is 0 Å². The number of benzene rings is 3. The normalized spacial score (nSPS) is 11.0. The molecule has 3 rings (SSSR count). The van der Waals surface area contributed by atoms with E-state index in [0.717, 1.165) is 11.5 Å². The standard InChI is InChI=1S/C21H20O2/c1-3-4-13-23-20-10-7-16(8-11-20)17-5-6-19-15-21(22-2)12-9-18(19)14-17/h3-12,14-15H,13H2,1-2H3. The molecule has 3 aromatic carbocycles. The molecule has 0 saturated carbocycles. The van der Waals surface area contributed by atoms with Gasteiger partial charge in [0.1, 0.15) is 18.1 Å². The molecular formula is C21H20O2. The SMILES string of the molecule is CC=CCOc1ccc(-c2ccc3cc(OC)ccc3c2)cc1. The molecule has 0 heterocycles. The van der Waals surface area contributed by atoms with Gasteiger partial charge in [0.15, 0.2) is 0 Å². The lowest BCUT2D eigenvalue weighted by atomic mass is 10.0. The highest BCUT2D eigenvalue weighted by atomic mass is 16.5. The summed E-state index contributed by atoms with van der Waals surface area (Å²) in [6.07, 6.45) is 3.98. The maximum Gasteiger partial charge on any atom is 0.119 e. The Morgan fingerprint density at radius 3 is 2.17 bits per heavy atom. The first-order chi connectivity index (χ1) is 11.3. The number of fused-ring (bicyclic) bond motifs is 1. The second-order valence-corrected chi connectivity index (χ2v) is 5.33. The Morgan fingerprint density at radius 2 is 1.43 bits per heavy atom. The van der Waals surface area contributed by atoms with E-state index in [9.17, 15) is 0 Å². The van der Waals surface area contributed by atoms with Crippen LogP contribution in [0.3, 0.4) is 0 Å². The first kappa shape index (κ1) is 15.2. The Hall–Kier alpha value is -2.74. The maximum atomic E-state index is 5.63. The molecule has 0 N–H and O–H groups in total. The van der Waals surface area contributed by atoms with Crippen molar-refractivity contribution in [2.45, 2.75) is 6.92 Å². The van der Waals surface area contributed by atoms with Crippen molar-refractivity contribution in [3.05, 3.63) is 72.8 Å². The Balaban J connectivity index is 1.84. The van der Waals surface area contributed by atoms with Crippen LogP contribution in [0, 0.1) is 0 Å². The molecule has 0 saturated heterocycles. The molecule has 3 aromatic rings. The van der Waals surface area contributed by atoms with E-state index in [1.807, 2.05) is 37.3 Å². The van der Waals surface area contributed by atoms with Crippen molar-refractivity contribution in [3.63, 3.8) is 0 Å². The molecule has 2 heteroatoms. The highest BCUT2D eigenvalue weighted by Gasteiger charge is 2.02. The number of ether oxygens (including phenoxy) is 2. The predicted molar refractivity (Wildman–Crippen MR) is 96.2 cm³/mol.